The number of allylic oxidation sites excluding steroid dienone is 8. The minimum absolute atomic E-state index is 0.481. The number of halogens is 1. The molecule has 1 heterocycles. The first kappa shape index (κ1) is 17.0. The average Bonchev–Trinajstić information content (AvgIpc) is 3.23. The number of thiophene rings is 1. The Morgan fingerprint density at radius 2 is 1.61 bits per heavy atom. The van der Waals surface area contributed by atoms with Gasteiger partial charge in [-0.3, -0.25) is 0 Å². The molecule has 6 rings (SSSR count). The van der Waals surface area contributed by atoms with Gasteiger partial charge in [-0.05, 0) is 53.7 Å². The highest BCUT2D eigenvalue weighted by Gasteiger charge is 2.34. The molecule has 3 aliphatic rings. The minimum atomic E-state index is 0.481. The van der Waals surface area contributed by atoms with E-state index in [4.69, 9.17) is 0 Å². The van der Waals surface area contributed by atoms with Crippen LogP contribution in [0.25, 0.3) is 20.2 Å². The van der Waals surface area contributed by atoms with Crippen LogP contribution in [0.3, 0.4) is 0 Å². The molecular weight excluding hydrogens is 424 g/mol. The maximum Gasteiger partial charge on any atom is 0.0366 e. The Morgan fingerprint density at radius 3 is 2.50 bits per heavy atom. The molecule has 3 atom stereocenters. The van der Waals surface area contributed by atoms with Crippen LogP contribution in [-0.4, -0.2) is 4.83 Å². The first-order valence-electron chi connectivity index (χ1n) is 10.1. The Morgan fingerprint density at radius 1 is 0.857 bits per heavy atom. The summed E-state index contributed by atoms with van der Waals surface area (Å²) >= 11 is 5.68. The fourth-order valence-electron chi connectivity index (χ4n) is 5.19. The quantitative estimate of drug-likeness (QED) is 0.332. The Bertz CT molecular complexity index is 1250. The largest absolute Gasteiger partial charge is 0.135 e. The molecule has 0 radical (unpaired) electrons. The van der Waals surface area contributed by atoms with E-state index in [1.807, 2.05) is 11.3 Å². The Hall–Kier alpha value is -1.90. The fourth-order valence-corrected chi connectivity index (χ4v) is 6.78. The van der Waals surface area contributed by atoms with Gasteiger partial charge in [-0.15, -0.1) is 11.3 Å². The van der Waals surface area contributed by atoms with E-state index in [0.717, 1.165) is 12.8 Å². The van der Waals surface area contributed by atoms with Gasteiger partial charge in [0.1, 0.15) is 0 Å². The number of rotatable bonds is 1. The van der Waals surface area contributed by atoms with Crippen LogP contribution < -0.4 is 0 Å². The molecule has 0 N–H and O–H groups in total. The van der Waals surface area contributed by atoms with Crippen molar-refractivity contribution >= 4 is 47.4 Å². The first-order valence-corrected chi connectivity index (χ1v) is 11.8. The molecule has 138 valence electrons. The van der Waals surface area contributed by atoms with Gasteiger partial charge in [0.2, 0.25) is 0 Å². The number of alkyl halides is 1. The van der Waals surface area contributed by atoms with Crippen molar-refractivity contribution in [2.75, 3.05) is 0 Å². The molecule has 28 heavy (non-hydrogen) atoms. The predicted octanol–water partition coefficient (Wildman–Crippen LogP) is 8.06. The summed E-state index contributed by atoms with van der Waals surface area (Å²) in [6.45, 7) is 2.41. The molecule has 0 aliphatic heterocycles. The van der Waals surface area contributed by atoms with E-state index < -0.39 is 0 Å². The monoisotopic (exact) mass is 444 g/mol. The summed E-state index contributed by atoms with van der Waals surface area (Å²) in [6, 6.07) is 15.9. The molecule has 0 saturated heterocycles. The lowest BCUT2D eigenvalue weighted by Gasteiger charge is -2.23. The topological polar surface area (TPSA) is 0 Å². The zero-order valence-corrected chi connectivity index (χ0v) is 18.2. The lowest BCUT2D eigenvalue weighted by molar-refractivity contribution is 0.682. The maximum absolute atomic E-state index is 3.78. The van der Waals surface area contributed by atoms with Crippen molar-refractivity contribution in [2.45, 2.75) is 30.5 Å². The smallest absolute Gasteiger partial charge is 0.0366 e. The lowest BCUT2D eigenvalue weighted by Crippen LogP contribution is -2.09. The molecule has 3 aromatic rings. The van der Waals surface area contributed by atoms with Gasteiger partial charge in [0.25, 0.3) is 0 Å². The molecule has 1 aromatic heterocycles. The summed E-state index contributed by atoms with van der Waals surface area (Å²) in [6.07, 6.45) is 11.8. The van der Waals surface area contributed by atoms with Crippen LogP contribution in [0.15, 0.2) is 89.1 Å². The summed E-state index contributed by atoms with van der Waals surface area (Å²) in [5.41, 5.74) is 7.70. The SMILES string of the molecule is CC1C2=C(C=CC(Br)C2)C2=C1CC(c1ccc3sc4ccccc4c3c1)C=C2. The molecule has 0 bridgehead atoms. The summed E-state index contributed by atoms with van der Waals surface area (Å²) < 4.78 is 2.78. The normalized spacial score (nSPS) is 26.4. The molecule has 3 aliphatic carbocycles. The van der Waals surface area contributed by atoms with Crippen LogP contribution in [0.4, 0.5) is 0 Å². The molecule has 0 amide bonds. The Kier molecular flexibility index (Phi) is 3.83. The zero-order chi connectivity index (χ0) is 18.8. The molecule has 3 unspecified atom stereocenters. The van der Waals surface area contributed by atoms with Crippen molar-refractivity contribution in [1.29, 1.82) is 0 Å². The summed E-state index contributed by atoms with van der Waals surface area (Å²) in [5.74, 6) is 1.06. The van der Waals surface area contributed by atoms with Gasteiger partial charge in [-0.25, -0.2) is 0 Å². The Labute approximate surface area is 178 Å². The van der Waals surface area contributed by atoms with Gasteiger partial charge >= 0.3 is 0 Å². The summed E-state index contributed by atoms with van der Waals surface area (Å²) in [7, 11) is 0. The highest BCUT2D eigenvalue weighted by atomic mass is 79.9. The van der Waals surface area contributed by atoms with Gasteiger partial charge in [0.15, 0.2) is 0 Å². The second-order valence-electron chi connectivity index (χ2n) is 8.20. The molecular formula is C26H21BrS. The van der Waals surface area contributed by atoms with E-state index in [1.165, 1.54) is 36.9 Å². The van der Waals surface area contributed by atoms with Crippen molar-refractivity contribution < 1.29 is 0 Å². The third-order valence-electron chi connectivity index (χ3n) is 6.68. The van der Waals surface area contributed by atoms with Crippen LogP contribution in [0, 0.1) is 5.92 Å². The number of fused-ring (bicyclic) bond motifs is 4. The third kappa shape index (κ3) is 2.47. The lowest BCUT2D eigenvalue weighted by atomic mass is 9.81. The van der Waals surface area contributed by atoms with E-state index in [-0.39, 0.29) is 0 Å². The van der Waals surface area contributed by atoms with Crippen LogP contribution in [-0.2, 0) is 0 Å². The number of hydrogen-bond acceptors (Lipinski definition) is 1. The van der Waals surface area contributed by atoms with Gasteiger partial charge in [-0.2, -0.15) is 0 Å². The molecule has 0 nitrogen and oxygen atoms in total. The van der Waals surface area contributed by atoms with Crippen molar-refractivity contribution in [2.24, 2.45) is 5.92 Å². The van der Waals surface area contributed by atoms with Crippen LogP contribution in [0.1, 0.15) is 31.2 Å². The van der Waals surface area contributed by atoms with Gasteiger partial charge in [-0.1, -0.05) is 82.6 Å². The zero-order valence-electron chi connectivity index (χ0n) is 15.8. The van der Waals surface area contributed by atoms with Crippen LogP contribution >= 0.6 is 27.3 Å². The van der Waals surface area contributed by atoms with E-state index in [1.54, 1.807) is 11.1 Å². The Balaban J connectivity index is 1.37. The molecule has 2 aromatic carbocycles. The molecule has 0 fully saturated rings. The summed E-state index contributed by atoms with van der Waals surface area (Å²) in [5, 5.41) is 2.80. The average molecular weight is 445 g/mol. The molecule has 0 spiro atoms. The highest BCUT2D eigenvalue weighted by molar-refractivity contribution is 9.09. The standard InChI is InChI=1S/C26H21BrS/c1-15-22-12-16(6-9-19(22)20-10-8-18(27)14-23(15)20)17-7-11-26-24(13-17)21-4-2-3-5-25(21)28-26/h2-11,13,15-16,18H,12,14H2,1H3. The van der Waals surface area contributed by atoms with Crippen molar-refractivity contribution in [3.63, 3.8) is 0 Å². The predicted molar refractivity (Wildman–Crippen MR) is 126 cm³/mol. The maximum atomic E-state index is 3.78. The number of hydrogen-bond donors (Lipinski definition) is 0. The second-order valence-corrected chi connectivity index (χ2v) is 10.5. The van der Waals surface area contributed by atoms with Crippen LogP contribution in [0.5, 0.6) is 0 Å². The van der Waals surface area contributed by atoms with Crippen molar-refractivity contribution in [3.8, 4) is 0 Å². The van der Waals surface area contributed by atoms with E-state index in [9.17, 15) is 0 Å². The molecule has 2 heteroatoms. The minimum Gasteiger partial charge on any atom is -0.135 e. The van der Waals surface area contributed by atoms with Gasteiger partial charge in [0.05, 0.1) is 0 Å². The third-order valence-corrected chi connectivity index (χ3v) is 8.46. The summed E-state index contributed by atoms with van der Waals surface area (Å²) in [4.78, 5) is 0.490. The number of benzene rings is 2. The van der Waals surface area contributed by atoms with Crippen molar-refractivity contribution in [3.05, 3.63) is 94.6 Å². The van der Waals surface area contributed by atoms with Crippen molar-refractivity contribution in [1.82, 2.24) is 0 Å². The van der Waals surface area contributed by atoms with Gasteiger partial charge in [0, 0.05) is 30.9 Å². The van der Waals surface area contributed by atoms with E-state index >= 15 is 0 Å². The first-order chi connectivity index (χ1) is 13.7. The highest BCUT2D eigenvalue weighted by Crippen LogP contribution is 2.49. The van der Waals surface area contributed by atoms with Crippen LogP contribution in [0.2, 0.25) is 0 Å². The second kappa shape index (κ2) is 6.30. The van der Waals surface area contributed by atoms with E-state index in [2.05, 4.69) is 89.6 Å². The van der Waals surface area contributed by atoms with Gasteiger partial charge < -0.3 is 0 Å². The molecule has 0 saturated carbocycles. The van der Waals surface area contributed by atoms with E-state index in [0.29, 0.717) is 16.7 Å². The fraction of sp³-hybridized carbons (Fsp3) is 0.231.